The van der Waals surface area contributed by atoms with Crippen LogP contribution in [0.4, 0.5) is 0 Å². The molecular weight excluding hydrogens is 584 g/mol. The van der Waals surface area contributed by atoms with E-state index in [-0.39, 0.29) is 42.3 Å². The van der Waals surface area contributed by atoms with Gasteiger partial charge in [-0.3, -0.25) is 9.59 Å². The summed E-state index contributed by atoms with van der Waals surface area (Å²) in [4.78, 5) is 63.3. The molecule has 0 saturated carbocycles. The SMILES string of the molecule is CCOC(=O)c1c(O)c2cncnc2n(OCc2ccccc2)c1=O.O=c1cc(O)c2cncnc2n1OCc1ccccc1. The zero-order chi connectivity index (χ0) is 31.8. The van der Waals surface area contributed by atoms with Crippen molar-refractivity contribution in [2.24, 2.45) is 0 Å². The standard InChI is InChI=1S/C17H15N3O5.C14H11N3O3/c1-2-24-17(23)13-14(21)12-8-18-10-19-15(12)20(16(13)22)25-9-11-6-4-3-5-7-11;18-12-6-13(19)17(14-11(12)7-15-9-16-14)20-8-10-4-2-1-3-5-10/h3-8,10,21H,2,9H2,1H3;1-7,9,18H,8H2. The highest BCUT2D eigenvalue weighted by Gasteiger charge is 2.25. The van der Waals surface area contributed by atoms with Crippen LogP contribution in [-0.2, 0) is 18.0 Å². The average Bonchev–Trinajstić information content (AvgIpc) is 3.06. The normalized spacial score (nSPS) is 10.6. The highest BCUT2D eigenvalue weighted by Crippen LogP contribution is 2.24. The second kappa shape index (κ2) is 13.8. The Morgan fingerprint density at radius 3 is 1.89 bits per heavy atom. The third-order valence-electron chi connectivity index (χ3n) is 6.28. The third-order valence-corrected chi connectivity index (χ3v) is 6.28. The summed E-state index contributed by atoms with van der Waals surface area (Å²) in [6.45, 7) is 1.97. The molecule has 0 aliphatic rings. The van der Waals surface area contributed by atoms with Crippen LogP contribution in [0.1, 0.15) is 28.4 Å². The van der Waals surface area contributed by atoms with E-state index in [1.165, 1.54) is 25.0 Å². The van der Waals surface area contributed by atoms with Crippen LogP contribution < -0.4 is 20.8 Å². The van der Waals surface area contributed by atoms with E-state index in [1.54, 1.807) is 6.92 Å². The van der Waals surface area contributed by atoms with Gasteiger partial charge in [-0.25, -0.2) is 24.7 Å². The fourth-order valence-electron chi connectivity index (χ4n) is 4.17. The number of carbonyl (C=O) groups is 1. The smallest absolute Gasteiger partial charge is 0.347 e. The van der Waals surface area contributed by atoms with Crippen molar-refractivity contribution >= 4 is 28.0 Å². The van der Waals surface area contributed by atoms with Crippen LogP contribution >= 0.6 is 0 Å². The third kappa shape index (κ3) is 6.69. The summed E-state index contributed by atoms with van der Waals surface area (Å²) < 4.78 is 6.78. The topological polar surface area (TPSA) is 181 Å². The van der Waals surface area contributed by atoms with Crippen molar-refractivity contribution in [1.82, 2.24) is 29.4 Å². The number of fused-ring (bicyclic) bond motifs is 2. The number of benzene rings is 2. The Bertz CT molecular complexity index is 2070. The number of rotatable bonds is 8. The van der Waals surface area contributed by atoms with Crippen LogP contribution in [0.15, 0.2) is 101 Å². The number of hydrogen-bond acceptors (Lipinski definition) is 12. The van der Waals surface area contributed by atoms with Crippen molar-refractivity contribution in [1.29, 1.82) is 0 Å². The van der Waals surface area contributed by atoms with E-state index in [4.69, 9.17) is 14.4 Å². The Morgan fingerprint density at radius 1 is 0.778 bits per heavy atom. The van der Waals surface area contributed by atoms with Gasteiger partial charge in [-0.05, 0) is 18.1 Å². The van der Waals surface area contributed by atoms with Gasteiger partial charge in [-0.2, -0.15) is 0 Å². The number of nitrogens with zero attached hydrogens (tertiary/aromatic N) is 6. The first kappa shape index (κ1) is 30.2. The minimum atomic E-state index is -0.937. The molecule has 45 heavy (non-hydrogen) atoms. The molecule has 6 rings (SSSR count). The summed E-state index contributed by atoms with van der Waals surface area (Å²) in [5, 5.41) is 20.5. The number of pyridine rings is 2. The summed E-state index contributed by atoms with van der Waals surface area (Å²) in [5.74, 6) is -1.63. The fourth-order valence-corrected chi connectivity index (χ4v) is 4.17. The number of aromatic hydroxyl groups is 2. The average molecular weight is 611 g/mol. The Kier molecular flexibility index (Phi) is 9.23. The van der Waals surface area contributed by atoms with Gasteiger partial charge in [-0.15, -0.1) is 9.46 Å². The van der Waals surface area contributed by atoms with Gasteiger partial charge >= 0.3 is 11.5 Å². The summed E-state index contributed by atoms with van der Waals surface area (Å²) in [7, 11) is 0. The zero-order valence-corrected chi connectivity index (χ0v) is 23.8. The summed E-state index contributed by atoms with van der Waals surface area (Å²) in [5.41, 5.74) is 0.194. The van der Waals surface area contributed by atoms with E-state index in [0.29, 0.717) is 5.39 Å². The molecule has 4 heterocycles. The predicted octanol–water partition coefficient (Wildman–Crippen LogP) is 2.43. The van der Waals surface area contributed by atoms with Gasteiger partial charge in [0.1, 0.15) is 37.4 Å². The van der Waals surface area contributed by atoms with Gasteiger partial charge in [0.25, 0.3) is 5.56 Å². The van der Waals surface area contributed by atoms with E-state index < -0.39 is 28.4 Å². The monoisotopic (exact) mass is 610 g/mol. The number of aromatic nitrogens is 6. The van der Waals surface area contributed by atoms with Crippen LogP contribution in [0.5, 0.6) is 11.5 Å². The van der Waals surface area contributed by atoms with Gasteiger partial charge in [0.15, 0.2) is 16.9 Å². The first-order chi connectivity index (χ1) is 21.9. The highest BCUT2D eigenvalue weighted by atomic mass is 16.7. The molecule has 2 N–H and O–H groups in total. The molecule has 14 heteroatoms. The van der Waals surface area contributed by atoms with Crippen molar-refractivity contribution in [2.75, 3.05) is 6.61 Å². The molecule has 0 saturated heterocycles. The molecule has 228 valence electrons. The summed E-state index contributed by atoms with van der Waals surface area (Å²) in [6.07, 6.45) is 5.24. The molecule has 4 aromatic heterocycles. The Balaban J connectivity index is 0.000000182. The lowest BCUT2D eigenvalue weighted by Crippen LogP contribution is -2.32. The molecule has 0 spiro atoms. The molecule has 0 atom stereocenters. The predicted molar refractivity (Wildman–Crippen MR) is 160 cm³/mol. The van der Waals surface area contributed by atoms with Crippen LogP contribution in [0.25, 0.3) is 22.1 Å². The molecule has 0 radical (unpaired) electrons. The second-order valence-corrected chi connectivity index (χ2v) is 9.24. The van der Waals surface area contributed by atoms with Gasteiger partial charge < -0.3 is 24.6 Å². The molecule has 2 aromatic carbocycles. The van der Waals surface area contributed by atoms with Crippen molar-refractivity contribution < 1.29 is 29.4 Å². The highest BCUT2D eigenvalue weighted by molar-refractivity contribution is 5.98. The van der Waals surface area contributed by atoms with Gasteiger partial charge in [0.05, 0.1) is 17.4 Å². The van der Waals surface area contributed by atoms with Crippen molar-refractivity contribution in [2.45, 2.75) is 20.1 Å². The fraction of sp³-hybridized carbons (Fsp3) is 0.129. The maximum Gasteiger partial charge on any atom is 0.347 e. The minimum absolute atomic E-state index is 0.0569. The van der Waals surface area contributed by atoms with Crippen LogP contribution in [-0.4, -0.2) is 52.2 Å². The number of esters is 1. The van der Waals surface area contributed by atoms with E-state index in [9.17, 15) is 24.6 Å². The first-order valence-corrected chi connectivity index (χ1v) is 13.5. The number of ether oxygens (including phenoxy) is 1. The van der Waals surface area contributed by atoms with E-state index in [2.05, 4.69) is 19.9 Å². The second-order valence-electron chi connectivity index (χ2n) is 9.24. The summed E-state index contributed by atoms with van der Waals surface area (Å²) >= 11 is 0. The Labute approximate surface area is 254 Å². The van der Waals surface area contributed by atoms with Crippen LogP contribution in [0, 0.1) is 0 Å². The van der Waals surface area contributed by atoms with E-state index in [1.807, 2.05) is 60.7 Å². The molecule has 14 nitrogen and oxygen atoms in total. The molecule has 0 bridgehead atoms. The van der Waals surface area contributed by atoms with Crippen molar-refractivity contribution in [3.63, 3.8) is 0 Å². The van der Waals surface area contributed by atoms with Crippen molar-refractivity contribution in [3.05, 3.63) is 129 Å². The van der Waals surface area contributed by atoms with Crippen LogP contribution in [0.2, 0.25) is 0 Å². The first-order valence-electron chi connectivity index (χ1n) is 13.5. The maximum atomic E-state index is 12.7. The van der Waals surface area contributed by atoms with Gasteiger partial charge in [0, 0.05) is 18.5 Å². The number of carbonyl (C=O) groups excluding carboxylic acids is 1. The molecule has 0 aliphatic heterocycles. The maximum absolute atomic E-state index is 12.7. The van der Waals surface area contributed by atoms with E-state index >= 15 is 0 Å². The zero-order valence-electron chi connectivity index (χ0n) is 23.8. The lowest BCUT2D eigenvalue weighted by atomic mass is 10.2. The largest absolute Gasteiger partial charge is 0.507 e. The lowest BCUT2D eigenvalue weighted by Gasteiger charge is -2.13. The van der Waals surface area contributed by atoms with Gasteiger partial charge in [0.2, 0.25) is 0 Å². The van der Waals surface area contributed by atoms with Gasteiger partial charge in [-0.1, -0.05) is 60.7 Å². The molecule has 0 amide bonds. The molecule has 0 fully saturated rings. The Morgan fingerprint density at radius 2 is 1.31 bits per heavy atom. The quantitative estimate of drug-likeness (QED) is 0.241. The minimum Gasteiger partial charge on any atom is -0.507 e. The van der Waals surface area contributed by atoms with Crippen molar-refractivity contribution in [3.8, 4) is 11.5 Å². The number of hydrogen-bond donors (Lipinski definition) is 2. The molecule has 0 aliphatic carbocycles. The molecule has 0 unspecified atom stereocenters. The molecule has 6 aromatic rings. The van der Waals surface area contributed by atoms with Crippen LogP contribution in [0.3, 0.4) is 0 Å². The molecular formula is C31H26N6O8. The van der Waals surface area contributed by atoms with E-state index in [0.717, 1.165) is 26.7 Å². The summed E-state index contributed by atoms with van der Waals surface area (Å²) in [6, 6.07) is 19.7. The Hall–Kier alpha value is -6.31. The lowest BCUT2D eigenvalue weighted by molar-refractivity contribution is 0.0507.